The molecular formula is C18H19Br2NO4. The van der Waals surface area contributed by atoms with Crippen molar-refractivity contribution >= 4 is 43.8 Å². The van der Waals surface area contributed by atoms with Crippen molar-refractivity contribution in [3.8, 4) is 12.3 Å². The first kappa shape index (κ1) is 19.8. The van der Waals surface area contributed by atoms with E-state index in [1.807, 2.05) is 19.9 Å². The van der Waals surface area contributed by atoms with Crippen LogP contribution < -0.4 is 0 Å². The van der Waals surface area contributed by atoms with E-state index in [0.29, 0.717) is 11.3 Å². The SMILES string of the molecule is C#CCn1ccc(COC(=O)[C@H]2[C@@H](C=C(Br)Br)C2(C)C)c1C(=O)OC. The predicted octanol–water partition coefficient (Wildman–Crippen LogP) is 3.85. The third kappa shape index (κ3) is 4.18. The molecule has 2 atom stereocenters. The lowest BCUT2D eigenvalue weighted by molar-refractivity contribution is -0.147. The molecule has 0 N–H and O–H groups in total. The Hall–Kier alpha value is -1.52. The van der Waals surface area contributed by atoms with Gasteiger partial charge < -0.3 is 14.0 Å². The average molecular weight is 473 g/mol. The van der Waals surface area contributed by atoms with Gasteiger partial charge in [0.25, 0.3) is 0 Å². The second-order valence-corrected chi connectivity index (χ2v) is 9.17. The molecular weight excluding hydrogens is 454 g/mol. The fourth-order valence-corrected chi connectivity index (χ4v) is 3.59. The molecule has 0 unspecified atom stereocenters. The molecule has 0 spiro atoms. The number of hydrogen-bond acceptors (Lipinski definition) is 4. The molecule has 5 nitrogen and oxygen atoms in total. The van der Waals surface area contributed by atoms with Crippen LogP contribution >= 0.6 is 31.9 Å². The van der Waals surface area contributed by atoms with E-state index in [9.17, 15) is 9.59 Å². The molecule has 0 aromatic carbocycles. The van der Waals surface area contributed by atoms with Gasteiger partial charge in [0, 0.05) is 11.8 Å². The minimum atomic E-state index is -0.512. The van der Waals surface area contributed by atoms with Crippen LogP contribution in [0.3, 0.4) is 0 Å². The highest BCUT2D eigenvalue weighted by Gasteiger charge is 2.61. The first-order valence-corrected chi connectivity index (χ1v) is 9.21. The Kier molecular flexibility index (Phi) is 6.17. The van der Waals surface area contributed by atoms with E-state index in [1.165, 1.54) is 7.11 Å². The smallest absolute Gasteiger partial charge is 0.355 e. The van der Waals surface area contributed by atoms with Crippen molar-refractivity contribution in [3.05, 3.63) is 33.0 Å². The van der Waals surface area contributed by atoms with Crippen molar-refractivity contribution in [1.29, 1.82) is 0 Å². The number of aromatic nitrogens is 1. The molecule has 0 bridgehead atoms. The Morgan fingerprint density at radius 2 is 2.12 bits per heavy atom. The second kappa shape index (κ2) is 7.79. The average Bonchev–Trinajstić information content (AvgIpc) is 2.89. The molecule has 25 heavy (non-hydrogen) atoms. The molecule has 1 aromatic rings. The van der Waals surface area contributed by atoms with Gasteiger partial charge in [-0.3, -0.25) is 4.79 Å². The van der Waals surface area contributed by atoms with Crippen molar-refractivity contribution in [1.82, 2.24) is 4.57 Å². The molecule has 1 saturated carbocycles. The van der Waals surface area contributed by atoms with Crippen molar-refractivity contribution in [2.24, 2.45) is 17.3 Å². The van der Waals surface area contributed by atoms with Crippen LogP contribution in [0.15, 0.2) is 21.7 Å². The van der Waals surface area contributed by atoms with Crippen LogP contribution in [0.25, 0.3) is 0 Å². The van der Waals surface area contributed by atoms with Gasteiger partial charge >= 0.3 is 11.9 Å². The molecule has 1 aliphatic carbocycles. The Morgan fingerprint density at radius 3 is 2.68 bits per heavy atom. The quantitative estimate of drug-likeness (QED) is 0.466. The zero-order chi connectivity index (χ0) is 18.8. The molecule has 2 rings (SSSR count). The fraction of sp³-hybridized carbons (Fsp3) is 0.444. The lowest BCUT2D eigenvalue weighted by atomic mass is 10.1. The third-order valence-corrected chi connectivity index (χ3v) is 5.06. The molecule has 0 radical (unpaired) electrons. The summed E-state index contributed by atoms with van der Waals surface area (Å²) in [6.07, 6.45) is 8.95. The van der Waals surface area contributed by atoms with Gasteiger partial charge in [-0.05, 0) is 49.3 Å². The Labute approximate surface area is 164 Å². The summed E-state index contributed by atoms with van der Waals surface area (Å²) in [5.74, 6) is 1.56. The Balaban J connectivity index is 2.10. The number of carbonyl (C=O) groups excluding carboxylic acids is 2. The van der Waals surface area contributed by atoms with Crippen LogP contribution in [0.1, 0.15) is 29.9 Å². The molecule has 0 aliphatic heterocycles. The number of rotatable bonds is 6. The van der Waals surface area contributed by atoms with Crippen molar-refractivity contribution in [2.75, 3.05) is 7.11 Å². The van der Waals surface area contributed by atoms with E-state index in [1.54, 1.807) is 16.8 Å². The molecule has 134 valence electrons. The van der Waals surface area contributed by atoms with E-state index < -0.39 is 5.97 Å². The number of nitrogens with zero attached hydrogens (tertiary/aromatic N) is 1. The summed E-state index contributed by atoms with van der Waals surface area (Å²) in [5, 5.41) is 0. The molecule has 7 heteroatoms. The number of carbonyl (C=O) groups is 2. The minimum Gasteiger partial charge on any atom is -0.464 e. The lowest BCUT2D eigenvalue weighted by Gasteiger charge is -2.09. The summed E-state index contributed by atoms with van der Waals surface area (Å²) >= 11 is 6.65. The first-order valence-electron chi connectivity index (χ1n) is 7.63. The third-order valence-electron chi connectivity index (χ3n) is 4.53. The van der Waals surface area contributed by atoms with Gasteiger partial charge in [-0.15, -0.1) is 6.42 Å². The van der Waals surface area contributed by atoms with Gasteiger partial charge in [0.15, 0.2) is 0 Å². The Morgan fingerprint density at radius 1 is 1.44 bits per heavy atom. The van der Waals surface area contributed by atoms with Gasteiger partial charge in [0.1, 0.15) is 12.3 Å². The van der Waals surface area contributed by atoms with E-state index in [0.717, 1.165) is 3.39 Å². The number of allylic oxidation sites excluding steroid dienone is 1. The summed E-state index contributed by atoms with van der Waals surface area (Å²) in [7, 11) is 1.30. The number of methoxy groups -OCH3 is 1. The second-order valence-electron chi connectivity index (χ2n) is 6.40. The van der Waals surface area contributed by atoms with Gasteiger partial charge in [-0.2, -0.15) is 0 Å². The molecule has 0 amide bonds. The fourth-order valence-electron chi connectivity index (χ4n) is 3.02. The van der Waals surface area contributed by atoms with Crippen LogP contribution in [0.5, 0.6) is 0 Å². The van der Waals surface area contributed by atoms with Crippen LogP contribution in [0, 0.1) is 29.6 Å². The summed E-state index contributed by atoms with van der Waals surface area (Å²) in [5.41, 5.74) is 0.718. The number of hydrogen-bond donors (Lipinski definition) is 0. The molecule has 1 heterocycles. The van der Waals surface area contributed by atoms with Crippen molar-refractivity contribution < 1.29 is 19.1 Å². The summed E-state index contributed by atoms with van der Waals surface area (Å²) in [6.45, 7) is 4.28. The zero-order valence-electron chi connectivity index (χ0n) is 14.2. The highest BCUT2D eigenvalue weighted by Crippen LogP contribution is 2.60. The number of terminal acetylenes is 1. The van der Waals surface area contributed by atoms with E-state index >= 15 is 0 Å². The maximum Gasteiger partial charge on any atom is 0.355 e. The monoisotopic (exact) mass is 471 g/mol. The van der Waals surface area contributed by atoms with Crippen LogP contribution in [-0.2, 0) is 27.4 Å². The maximum absolute atomic E-state index is 12.4. The number of esters is 2. The van der Waals surface area contributed by atoms with Crippen molar-refractivity contribution in [2.45, 2.75) is 27.0 Å². The maximum atomic E-state index is 12.4. The van der Waals surface area contributed by atoms with Gasteiger partial charge in [0.2, 0.25) is 0 Å². The van der Waals surface area contributed by atoms with Gasteiger partial charge in [-0.25, -0.2) is 4.79 Å². The van der Waals surface area contributed by atoms with Gasteiger partial charge in [-0.1, -0.05) is 25.8 Å². The predicted molar refractivity (Wildman–Crippen MR) is 101 cm³/mol. The summed E-state index contributed by atoms with van der Waals surface area (Å²) in [6, 6.07) is 1.71. The van der Waals surface area contributed by atoms with Crippen LogP contribution in [0.2, 0.25) is 0 Å². The van der Waals surface area contributed by atoms with Crippen molar-refractivity contribution in [3.63, 3.8) is 0 Å². The van der Waals surface area contributed by atoms with Crippen LogP contribution in [-0.4, -0.2) is 23.6 Å². The van der Waals surface area contributed by atoms with E-state index in [4.69, 9.17) is 15.9 Å². The summed E-state index contributed by atoms with van der Waals surface area (Å²) < 4.78 is 12.7. The van der Waals surface area contributed by atoms with Gasteiger partial charge in [0.05, 0.1) is 23.0 Å². The van der Waals surface area contributed by atoms with E-state index in [2.05, 4.69) is 37.8 Å². The molecule has 1 aromatic heterocycles. The standard InChI is InChI=1S/C18H19Br2NO4/c1-5-7-21-8-6-11(15(21)17(23)24-4)10-25-16(22)14-12(9-13(19)20)18(14,2)3/h1,6,8-9,12,14H,7,10H2,2-4H3/t12-,14-/m1/s1. The first-order chi connectivity index (χ1) is 11.7. The highest BCUT2D eigenvalue weighted by atomic mass is 79.9. The normalized spacial score (nSPS) is 20.3. The zero-order valence-corrected chi connectivity index (χ0v) is 17.4. The molecule has 1 aliphatic rings. The largest absolute Gasteiger partial charge is 0.464 e. The lowest BCUT2D eigenvalue weighted by Crippen LogP contribution is -2.15. The van der Waals surface area contributed by atoms with Crippen LogP contribution in [0.4, 0.5) is 0 Å². The molecule has 1 fully saturated rings. The van der Waals surface area contributed by atoms with E-state index in [-0.39, 0.29) is 36.4 Å². The summed E-state index contributed by atoms with van der Waals surface area (Å²) in [4.78, 5) is 24.4. The Bertz CT molecular complexity index is 754. The minimum absolute atomic E-state index is 0.000660. The molecule has 0 saturated heterocycles. The highest BCUT2D eigenvalue weighted by molar-refractivity contribution is 9.28. The number of halogens is 2. The number of ether oxygens (including phenoxy) is 2. The topological polar surface area (TPSA) is 57.5 Å².